The van der Waals surface area contributed by atoms with E-state index >= 15 is 0 Å². The van der Waals surface area contributed by atoms with Crippen LogP contribution >= 0.6 is 0 Å². The van der Waals surface area contributed by atoms with Crippen LogP contribution in [0, 0.1) is 0 Å². The maximum Gasteiger partial charge on any atom is 0.253 e. The molecule has 7 nitrogen and oxygen atoms in total. The largest absolute Gasteiger partial charge is 0.491 e. The zero-order valence-electron chi connectivity index (χ0n) is 19.5. The summed E-state index contributed by atoms with van der Waals surface area (Å²) >= 11 is 0. The number of benzene rings is 2. The predicted molar refractivity (Wildman–Crippen MR) is 129 cm³/mol. The van der Waals surface area contributed by atoms with Crippen molar-refractivity contribution in [3.8, 4) is 16.9 Å². The predicted octanol–water partition coefficient (Wildman–Crippen LogP) is 4.74. The number of imidazole rings is 1. The maximum atomic E-state index is 12.5. The van der Waals surface area contributed by atoms with Crippen molar-refractivity contribution in [2.45, 2.75) is 32.9 Å². The second kappa shape index (κ2) is 9.50. The standard InChI is InChI=1S/C26H30N4O3/c1-26(2,3)30-12-11-20(17-30)25(31)27-16-24-28-22-10-7-19(15-23(22)29-24)18-5-8-21(9-6-18)33-14-13-32-4/h5-12,15,17H,13-14,16H2,1-4H3,(H,27,31)(H,28,29). The number of hydrogen-bond acceptors (Lipinski definition) is 4. The van der Waals surface area contributed by atoms with Crippen LogP contribution in [0.5, 0.6) is 5.75 Å². The van der Waals surface area contributed by atoms with E-state index in [2.05, 4.69) is 42.1 Å². The van der Waals surface area contributed by atoms with Gasteiger partial charge in [0, 0.05) is 25.0 Å². The number of fused-ring (bicyclic) bond motifs is 1. The van der Waals surface area contributed by atoms with Crippen LogP contribution in [0.15, 0.2) is 60.9 Å². The van der Waals surface area contributed by atoms with Gasteiger partial charge in [0.05, 0.1) is 29.7 Å². The molecule has 2 aromatic heterocycles. The van der Waals surface area contributed by atoms with Crippen LogP contribution in [0.3, 0.4) is 0 Å². The molecule has 0 fully saturated rings. The minimum absolute atomic E-state index is 0.0632. The number of H-pyrrole nitrogens is 1. The van der Waals surface area contributed by atoms with E-state index in [1.165, 1.54) is 0 Å². The van der Waals surface area contributed by atoms with Gasteiger partial charge in [0.25, 0.3) is 5.91 Å². The Morgan fingerprint density at radius 2 is 1.82 bits per heavy atom. The summed E-state index contributed by atoms with van der Waals surface area (Å²) < 4.78 is 12.7. The molecule has 0 spiro atoms. The van der Waals surface area contributed by atoms with Crippen molar-refractivity contribution >= 4 is 16.9 Å². The molecular formula is C26H30N4O3. The molecule has 0 atom stereocenters. The summed E-state index contributed by atoms with van der Waals surface area (Å²) in [5, 5.41) is 2.95. The van der Waals surface area contributed by atoms with E-state index in [1.807, 2.05) is 59.4 Å². The van der Waals surface area contributed by atoms with Crippen LogP contribution in [-0.2, 0) is 16.8 Å². The molecule has 33 heavy (non-hydrogen) atoms. The average molecular weight is 447 g/mol. The summed E-state index contributed by atoms with van der Waals surface area (Å²) in [7, 11) is 1.66. The van der Waals surface area contributed by atoms with Crippen LogP contribution in [0.4, 0.5) is 0 Å². The highest BCUT2D eigenvalue weighted by atomic mass is 16.5. The van der Waals surface area contributed by atoms with E-state index in [1.54, 1.807) is 7.11 Å². The zero-order valence-corrected chi connectivity index (χ0v) is 19.5. The molecule has 172 valence electrons. The molecule has 0 saturated carbocycles. The lowest BCUT2D eigenvalue weighted by atomic mass is 10.1. The Balaban J connectivity index is 1.41. The fourth-order valence-corrected chi connectivity index (χ4v) is 3.53. The van der Waals surface area contributed by atoms with E-state index in [9.17, 15) is 4.79 Å². The fraction of sp³-hybridized carbons (Fsp3) is 0.308. The number of nitrogens with one attached hydrogen (secondary N) is 2. The third-order valence-electron chi connectivity index (χ3n) is 5.42. The van der Waals surface area contributed by atoms with E-state index < -0.39 is 0 Å². The van der Waals surface area contributed by atoms with E-state index in [0.29, 0.717) is 31.1 Å². The van der Waals surface area contributed by atoms with E-state index in [0.717, 1.165) is 27.9 Å². The van der Waals surface area contributed by atoms with Gasteiger partial charge in [0.15, 0.2) is 0 Å². The Morgan fingerprint density at radius 3 is 2.52 bits per heavy atom. The van der Waals surface area contributed by atoms with Gasteiger partial charge in [-0.1, -0.05) is 18.2 Å². The van der Waals surface area contributed by atoms with E-state index in [-0.39, 0.29) is 11.4 Å². The number of rotatable bonds is 8. The van der Waals surface area contributed by atoms with Crippen molar-refractivity contribution in [2.75, 3.05) is 20.3 Å². The number of carbonyl (C=O) groups is 1. The molecule has 0 unspecified atom stereocenters. The van der Waals surface area contributed by atoms with Crippen LogP contribution in [0.2, 0.25) is 0 Å². The first kappa shape index (κ1) is 22.6. The highest BCUT2D eigenvalue weighted by Crippen LogP contribution is 2.25. The summed E-state index contributed by atoms with van der Waals surface area (Å²) in [4.78, 5) is 20.5. The molecule has 0 radical (unpaired) electrons. The lowest BCUT2D eigenvalue weighted by molar-refractivity contribution is 0.0950. The van der Waals surface area contributed by atoms with Gasteiger partial charge < -0.3 is 24.3 Å². The number of ether oxygens (including phenoxy) is 2. The van der Waals surface area contributed by atoms with Gasteiger partial charge in [-0.2, -0.15) is 0 Å². The highest BCUT2D eigenvalue weighted by Gasteiger charge is 2.15. The van der Waals surface area contributed by atoms with Gasteiger partial charge in [-0.05, 0) is 62.2 Å². The van der Waals surface area contributed by atoms with Crippen molar-refractivity contribution in [3.05, 3.63) is 72.3 Å². The Labute approximate surface area is 193 Å². The number of hydrogen-bond donors (Lipinski definition) is 2. The second-order valence-corrected chi connectivity index (χ2v) is 8.94. The quantitative estimate of drug-likeness (QED) is 0.383. The number of aromatic amines is 1. The monoisotopic (exact) mass is 446 g/mol. The lowest BCUT2D eigenvalue weighted by Gasteiger charge is -2.20. The first-order valence-corrected chi connectivity index (χ1v) is 11.0. The molecule has 0 bridgehead atoms. The van der Waals surface area contributed by atoms with Crippen molar-refractivity contribution in [1.82, 2.24) is 19.9 Å². The van der Waals surface area contributed by atoms with Gasteiger partial charge in [-0.25, -0.2) is 4.98 Å². The minimum atomic E-state index is -0.119. The SMILES string of the molecule is COCCOc1ccc(-c2ccc3nc(CNC(=O)c4ccn(C(C)(C)C)c4)[nH]c3c2)cc1. The van der Waals surface area contributed by atoms with Gasteiger partial charge in [-0.15, -0.1) is 0 Å². The third-order valence-corrected chi connectivity index (χ3v) is 5.42. The van der Waals surface area contributed by atoms with Crippen LogP contribution < -0.4 is 10.1 Å². The summed E-state index contributed by atoms with van der Waals surface area (Å²) in [5.74, 6) is 1.41. The summed E-state index contributed by atoms with van der Waals surface area (Å²) in [6.45, 7) is 7.72. The molecule has 2 aromatic carbocycles. The Kier molecular flexibility index (Phi) is 6.51. The van der Waals surface area contributed by atoms with Crippen LogP contribution in [0.1, 0.15) is 37.0 Å². The molecule has 0 saturated heterocycles. The van der Waals surface area contributed by atoms with Crippen molar-refractivity contribution in [3.63, 3.8) is 0 Å². The fourth-order valence-electron chi connectivity index (χ4n) is 3.53. The van der Waals surface area contributed by atoms with Crippen molar-refractivity contribution in [2.24, 2.45) is 0 Å². The van der Waals surface area contributed by atoms with Crippen LogP contribution in [0.25, 0.3) is 22.2 Å². The number of methoxy groups -OCH3 is 1. The first-order valence-electron chi connectivity index (χ1n) is 11.0. The molecule has 7 heteroatoms. The van der Waals surface area contributed by atoms with Crippen molar-refractivity contribution < 1.29 is 14.3 Å². The minimum Gasteiger partial charge on any atom is -0.491 e. The number of aromatic nitrogens is 3. The topological polar surface area (TPSA) is 81.2 Å². The number of nitrogens with zero attached hydrogens (tertiary/aromatic N) is 2. The number of amides is 1. The Bertz CT molecular complexity index is 1230. The van der Waals surface area contributed by atoms with Gasteiger partial charge in [0.1, 0.15) is 18.2 Å². The first-order chi connectivity index (χ1) is 15.8. The molecule has 4 rings (SSSR count). The Morgan fingerprint density at radius 1 is 1.06 bits per heavy atom. The Hall–Kier alpha value is -3.58. The molecule has 0 aliphatic heterocycles. The molecular weight excluding hydrogens is 416 g/mol. The van der Waals surface area contributed by atoms with Crippen LogP contribution in [-0.4, -0.2) is 40.8 Å². The normalized spacial score (nSPS) is 11.6. The molecule has 4 aromatic rings. The summed E-state index contributed by atoms with van der Waals surface area (Å²) in [6.07, 6.45) is 3.80. The second-order valence-electron chi connectivity index (χ2n) is 8.94. The molecule has 0 aliphatic carbocycles. The lowest BCUT2D eigenvalue weighted by Crippen LogP contribution is -2.24. The zero-order chi connectivity index (χ0) is 23.4. The van der Waals surface area contributed by atoms with E-state index in [4.69, 9.17) is 9.47 Å². The maximum absolute atomic E-state index is 12.5. The average Bonchev–Trinajstić information content (AvgIpc) is 3.45. The third kappa shape index (κ3) is 5.43. The smallest absolute Gasteiger partial charge is 0.253 e. The van der Waals surface area contributed by atoms with Gasteiger partial charge >= 0.3 is 0 Å². The summed E-state index contributed by atoms with van der Waals surface area (Å²) in [6, 6.07) is 15.9. The van der Waals surface area contributed by atoms with Crippen molar-refractivity contribution in [1.29, 1.82) is 0 Å². The molecule has 2 N–H and O–H groups in total. The molecule has 2 heterocycles. The number of carbonyl (C=O) groups excluding carboxylic acids is 1. The van der Waals surface area contributed by atoms with Gasteiger partial charge in [-0.3, -0.25) is 4.79 Å². The van der Waals surface area contributed by atoms with Gasteiger partial charge in [0.2, 0.25) is 0 Å². The molecule has 1 amide bonds. The molecule has 0 aliphatic rings. The summed E-state index contributed by atoms with van der Waals surface area (Å²) in [5.41, 5.74) is 4.53. The highest BCUT2D eigenvalue weighted by molar-refractivity contribution is 5.94.